The fourth-order valence-corrected chi connectivity index (χ4v) is 2.50. The van der Waals surface area contributed by atoms with E-state index in [1.165, 1.54) is 18.4 Å². The zero-order chi connectivity index (χ0) is 15.1. The van der Waals surface area contributed by atoms with Gasteiger partial charge in [0, 0.05) is 26.1 Å². The molecule has 2 N–H and O–H groups in total. The molecular formula is C17H28IN3O. The number of benzene rings is 1. The third-order valence-electron chi connectivity index (χ3n) is 4.04. The molecule has 1 heterocycles. The number of piperidine rings is 1. The summed E-state index contributed by atoms with van der Waals surface area (Å²) in [4.78, 5) is 6.66. The van der Waals surface area contributed by atoms with Crippen molar-refractivity contribution in [3.05, 3.63) is 29.8 Å². The summed E-state index contributed by atoms with van der Waals surface area (Å²) in [5, 5.41) is 0. The zero-order valence-electron chi connectivity index (χ0n) is 13.6. The predicted octanol–water partition coefficient (Wildman–Crippen LogP) is 3.43. The lowest BCUT2D eigenvalue weighted by molar-refractivity contribution is 0.277. The number of halogens is 1. The fraction of sp³-hybridized carbons (Fsp3) is 0.588. The number of hydrogen-bond acceptors (Lipinski definition) is 2. The van der Waals surface area contributed by atoms with Gasteiger partial charge in [-0.2, -0.15) is 0 Å². The van der Waals surface area contributed by atoms with Crippen molar-refractivity contribution in [3.63, 3.8) is 0 Å². The Morgan fingerprint density at radius 2 is 2.00 bits per heavy atom. The number of aliphatic imine (C=N–C) groups is 1. The summed E-state index contributed by atoms with van der Waals surface area (Å²) in [7, 11) is 0. The number of hydrogen-bond donors (Lipinski definition) is 1. The molecule has 1 aliphatic heterocycles. The molecule has 0 atom stereocenters. The van der Waals surface area contributed by atoms with Gasteiger partial charge in [-0.25, -0.2) is 0 Å². The van der Waals surface area contributed by atoms with Gasteiger partial charge < -0.3 is 15.4 Å². The Balaban J connectivity index is 0.00000242. The van der Waals surface area contributed by atoms with Gasteiger partial charge in [-0.05, 0) is 37.3 Å². The minimum atomic E-state index is 0. The maximum Gasteiger partial charge on any atom is 0.191 e. The molecule has 0 unspecified atom stereocenters. The molecule has 4 nitrogen and oxygen atoms in total. The van der Waals surface area contributed by atoms with Crippen LogP contribution in [0.3, 0.4) is 0 Å². The highest BCUT2D eigenvalue weighted by Crippen LogP contribution is 2.16. The van der Waals surface area contributed by atoms with E-state index >= 15 is 0 Å². The first-order valence-corrected chi connectivity index (χ1v) is 7.90. The van der Waals surface area contributed by atoms with Crippen molar-refractivity contribution in [2.45, 2.75) is 33.1 Å². The van der Waals surface area contributed by atoms with Crippen molar-refractivity contribution in [1.82, 2.24) is 4.90 Å². The minimum absolute atomic E-state index is 0. The smallest absolute Gasteiger partial charge is 0.191 e. The topological polar surface area (TPSA) is 50.9 Å². The van der Waals surface area contributed by atoms with Crippen LogP contribution in [0.15, 0.2) is 29.3 Å². The average molecular weight is 417 g/mol. The van der Waals surface area contributed by atoms with Gasteiger partial charge in [-0.3, -0.25) is 4.99 Å². The van der Waals surface area contributed by atoms with E-state index < -0.39 is 0 Å². The first-order valence-electron chi connectivity index (χ1n) is 7.90. The van der Waals surface area contributed by atoms with Crippen molar-refractivity contribution in [3.8, 4) is 5.75 Å². The molecule has 1 aliphatic rings. The van der Waals surface area contributed by atoms with Gasteiger partial charge >= 0.3 is 0 Å². The lowest BCUT2D eigenvalue weighted by Gasteiger charge is -2.31. The van der Waals surface area contributed by atoms with Gasteiger partial charge in [0.1, 0.15) is 5.75 Å². The van der Waals surface area contributed by atoms with Crippen molar-refractivity contribution in [2.24, 2.45) is 16.6 Å². The van der Waals surface area contributed by atoms with Crippen LogP contribution in [0.4, 0.5) is 0 Å². The standard InChI is InChI=1S/C17H27N3O.HI/c1-14-8-11-20(12-9-14)17(18)19-10-5-13-21-16-7-4-3-6-15(16)2;/h3-4,6-7,14H,5,8-13H2,1-2H3,(H2,18,19);1H. The van der Waals surface area contributed by atoms with Gasteiger partial charge in [0.15, 0.2) is 5.96 Å². The monoisotopic (exact) mass is 417 g/mol. The van der Waals surface area contributed by atoms with E-state index in [0.717, 1.165) is 37.7 Å². The van der Waals surface area contributed by atoms with Crippen molar-refractivity contribution in [1.29, 1.82) is 0 Å². The van der Waals surface area contributed by atoms with Crippen LogP contribution in [0.5, 0.6) is 5.75 Å². The third kappa shape index (κ3) is 6.02. The lowest BCUT2D eigenvalue weighted by atomic mass is 10.00. The van der Waals surface area contributed by atoms with Gasteiger partial charge in [-0.15, -0.1) is 24.0 Å². The summed E-state index contributed by atoms with van der Waals surface area (Å²) >= 11 is 0. The molecule has 0 radical (unpaired) electrons. The van der Waals surface area contributed by atoms with Crippen LogP contribution < -0.4 is 10.5 Å². The molecule has 0 aromatic heterocycles. The maximum atomic E-state index is 6.05. The Labute approximate surface area is 151 Å². The number of nitrogens with two attached hydrogens (primary N) is 1. The Hall–Kier alpha value is -0.980. The van der Waals surface area contributed by atoms with E-state index in [9.17, 15) is 0 Å². The quantitative estimate of drug-likeness (QED) is 0.346. The zero-order valence-corrected chi connectivity index (χ0v) is 16.0. The highest BCUT2D eigenvalue weighted by molar-refractivity contribution is 14.0. The molecule has 22 heavy (non-hydrogen) atoms. The SMILES string of the molecule is Cc1ccccc1OCCCN=C(N)N1CCC(C)CC1.I. The average Bonchev–Trinajstić information content (AvgIpc) is 2.49. The van der Waals surface area contributed by atoms with Crippen LogP contribution in [0, 0.1) is 12.8 Å². The number of rotatable bonds is 5. The maximum absolute atomic E-state index is 6.05. The second-order valence-electron chi connectivity index (χ2n) is 5.88. The van der Waals surface area contributed by atoms with Crippen LogP contribution >= 0.6 is 24.0 Å². The molecule has 0 spiro atoms. The molecule has 124 valence electrons. The minimum Gasteiger partial charge on any atom is -0.493 e. The normalized spacial score (nSPS) is 16.3. The van der Waals surface area contributed by atoms with Crippen LogP contribution in [-0.4, -0.2) is 37.1 Å². The van der Waals surface area contributed by atoms with Crippen LogP contribution in [0.2, 0.25) is 0 Å². The largest absolute Gasteiger partial charge is 0.493 e. The molecule has 5 heteroatoms. The number of para-hydroxylation sites is 1. The van der Waals surface area contributed by atoms with Crippen LogP contribution in [-0.2, 0) is 0 Å². The Morgan fingerprint density at radius 3 is 2.68 bits per heavy atom. The van der Waals surface area contributed by atoms with Gasteiger partial charge in [0.2, 0.25) is 0 Å². The molecule has 0 bridgehead atoms. The second kappa shape index (κ2) is 9.92. The fourth-order valence-electron chi connectivity index (χ4n) is 2.50. The molecule has 1 saturated heterocycles. The van der Waals surface area contributed by atoms with Gasteiger partial charge in [-0.1, -0.05) is 25.1 Å². The predicted molar refractivity (Wildman–Crippen MR) is 103 cm³/mol. The number of ether oxygens (including phenoxy) is 1. The second-order valence-corrected chi connectivity index (χ2v) is 5.88. The van der Waals surface area contributed by atoms with Gasteiger partial charge in [0.25, 0.3) is 0 Å². The Morgan fingerprint density at radius 1 is 1.32 bits per heavy atom. The summed E-state index contributed by atoms with van der Waals surface area (Å²) in [6, 6.07) is 8.08. The number of likely N-dealkylation sites (tertiary alicyclic amines) is 1. The van der Waals surface area contributed by atoms with E-state index in [0.29, 0.717) is 12.6 Å². The highest BCUT2D eigenvalue weighted by atomic mass is 127. The summed E-state index contributed by atoms with van der Waals surface area (Å²) in [6.45, 7) is 7.84. The van der Waals surface area contributed by atoms with E-state index in [1.807, 2.05) is 18.2 Å². The first-order chi connectivity index (χ1) is 10.2. The lowest BCUT2D eigenvalue weighted by Crippen LogP contribution is -2.42. The molecule has 1 fully saturated rings. The number of aryl methyl sites for hydroxylation is 1. The molecule has 0 saturated carbocycles. The van der Waals surface area contributed by atoms with Crippen molar-refractivity contribution >= 4 is 29.9 Å². The molecule has 0 aliphatic carbocycles. The molecule has 1 aromatic carbocycles. The van der Waals surface area contributed by atoms with E-state index in [2.05, 4.69) is 29.8 Å². The molecule has 2 rings (SSSR count). The van der Waals surface area contributed by atoms with E-state index in [-0.39, 0.29) is 24.0 Å². The molecule has 0 amide bonds. The van der Waals surface area contributed by atoms with Gasteiger partial charge in [0.05, 0.1) is 6.61 Å². The van der Waals surface area contributed by atoms with Crippen LogP contribution in [0.25, 0.3) is 0 Å². The first kappa shape index (κ1) is 19.1. The van der Waals surface area contributed by atoms with E-state index in [1.54, 1.807) is 0 Å². The summed E-state index contributed by atoms with van der Waals surface area (Å²) in [5.74, 6) is 2.47. The highest BCUT2D eigenvalue weighted by Gasteiger charge is 2.16. The number of nitrogens with zero attached hydrogens (tertiary/aromatic N) is 2. The molecular weight excluding hydrogens is 389 g/mol. The van der Waals surface area contributed by atoms with Crippen molar-refractivity contribution < 1.29 is 4.74 Å². The van der Waals surface area contributed by atoms with Crippen LogP contribution in [0.1, 0.15) is 31.7 Å². The summed E-state index contributed by atoms with van der Waals surface area (Å²) in [5.41, 5.74) is 7.22. The Kier molecular flexibility index (Phi) is 8.60. The summed E-state index contributed by atoms with van der Waals surface area (Å²) in [6.07, 6.45) is 3.32. The van der Waals surface area contributed by atoms with Crippen molar-refractivity contribution in [2.75, 3.05) is 26.2 Å². The Bertz CT molecular complexity index is 471. The number of guanidine groups is 1. The van der Waals surface area contributed by atoms with E-state index in [4.69, 9.17) is 10.5 Å². The molecule has 1 aromatic rings. The summed E-state index contributed by atoms with van der Waals surface area (Å²) < 4.78 is 5.75. The third-order valence-corrected chi connectivity index (χ3v) is 4.04.